The molecule has 1 aromatic carbocycles. The topological polar surface area (TPSA) is 44.8 Å². The molecule has 1 saturated carbocycles. The van der Waals surface area contributed by atoms with Crippen LogP contribution in [0.4, 0.5) is 0 Å². The van der Waals surface area contributed by atoms with Crippen molar-refractivity contribution in [1.29, 1.82) is 0 Å². The molecule has 0 bridgehead atoms. The summed E-state index contributed by atoms with van der Waals surface area (Å²) < 4.78 is 16.2. The highest BCUT2D eigenvalue weighted by molar-refractivity contribution is 5.81. The van der Waals surface area contributed by atoms with Crippen LogP contribution in [-0.4, -0.2) is 26.6 Å². The molecule has 0 aliphatic heterocycles. The fourth-order valence-electron chi connectivity index (χ4n) is 2.68. The lowest BCUT2D eigenvalue weighted by Crippen LogP contribution is -2.14. The minimum absolute atomic E-state index is 0.255. The molecular formula is C16H22O4. The Morgan fingerprint density at radius 2 is 1.85 bits per heavy atom. The molecule has 1 fully saturated rings. The molecule has 20 heavy (non-hydrogen) atoms. The molecule has 1 aliphatic rings. The van der Waals surface area contributed by atoms with E-state index in [9.17, 15) is 4.79 Å². The molecule has 4 heteroatoms. The Balaban J connectivity index is 1.89. The molecule has 2 rings (SSSR count). The van der Waals surface area contributed by atoms with E-state index >= 15 is 0 Å². The van der Waals surface area contributed by atoms with E-state index in [0.717, 1.165) is 12.8 Å². The van der Waals surface area contributed by atoms with Gasteiger partial charge in [0.15, 0.2) is 11.5 Å². The Morgan fingerprint density at radius 3 is 2.50 bits per heavy atom. The first kappa shape index (κ1) is 14.7. The van der Waals surface area contributed by atoms with Gasteiger partial charge < -0.3 is 14.2 Å². The molecule has 0 aromatic heterocycles. The first-order valence-corrected chi connectivity index (χ1v) is 7.12. The van der Waals surface area contributed by atoms with Gasteiger partial charge in [-0.05, 0) is 25.0 Å². The smallest absolute Gasteiger partial charge is 0.203 e. The van der Waals surface area contributed by atoms with E-state index in [4.69, 9.17) is 14.2 Å². The van der Waals surface area contributed by atoms with E-state index in [1.54, 1.807) is 14.2 Å². The zero-order valence-corrected chi connectivity index (χ0v) is 12.2. The molecule has 0 radical (unpaired) electrons. The van der Waals surface area contributed by atoms with E-state index in [1.807, 2.05) is 18.2 Å². The third kappa shape index (κ3) is 3.44. The maximum atomic E-state index is 12.0. The molecule has 110 valence electrons. The summed E-state index contributed by atoms with van der Waals surface area (Å²) in [4.78, 5) is 12.0. The highest BCUT2D eigenvalue weighted by Gasteiger charge is 2.22. The highest BCUT2D eigenvalue weighted by atomic mass is 16.5. The van der Waals surface area contributed by atoms with Crippen molar-refractivity contribution in [3.8, 4) is 17.2 Å². The molecule has 1 aromatic rings. The van der Waals surface area contributed by atoms with Gasteiger partial charge in [-0.3, -0.25) is 4.79 Å². The summed E-state index contributed by atoms with van der Waals surface area (Å²) in [6, 6.07) is 5.48. The van der Waals surface area contributed by atoms with Gasteiger partial charge in [0.05, 0.1) is 20.8 Å². The van der Waals surface area contributed by atoms with Crippen LogP contribution in [0.1, 0.15) is 32.1 Å². The van der Waals surface area contributed by atoms with Crippen molar-refractivity contribution in [2.45, 2.75) is 32.1 Å². The normalized spacial score (nSPS) is 15.1. The molecule has 0 atom stereocenters. The fourth-order valence-corrected chi connectivity index (χ4v) is 2.68. The highest BCUT2D eigenvalue weighted by Crippen LogP contribution is 2.36. The van der Waals surface area contributed by atoms with Crippen LogP contribution >= 0.6 is 0 Å². The molecule has 1 aliphatic carbocycles. The van der Waals surface area contributed by atoms with Crippen LogP contribution in [0.15, 0.2) is 18.2 Å². The van der Waals surface area contributed by atoms with Crippen molar-refractivity contribution in [1.82, 2.24) is 0 Å². The van der Waals surface area contributed by atoms with E-state index < -0.39 is 0 Å². The number of para-hydroxylation sites is 1. The molecule has 0 spiro atoms. The largest absolute Gasteiger partial charge is 0.493 e. The summed E-state index contributed by atoms with van der Waals surface area (Å²) in [5.74, 6) is 2.40. The van der Waals surface area contributed by atoms with Crippen LogP contribution < -0.4 is 14.2 Å². The number of benzene rings is 1. The van der Waals surface area contributed by atoms with Gasteiger partial charge >= 0.3 is 0 Å². The number of ether oxygens (including phenoxy) is 3. The molecule has 0 amide bonds. The predicted octanol–water partition coefficient (Wildman–Crippen LogP) is 3.23. The van der Waals surface area contributed by atoms with Gasteiger partial charge in [-0.25, -0.2) is 0 Å². The van der Waals surface area contributed by atoms with Crippen LogP contribution in [0.5, 0.6) is 17.2 Å². The third-order valence-electron chi connectivity index (χ3n) is 3.78. The zero-order valence-electron chi connectivity index (χ0n) is 12.2. The fraction of sp³-hybridized carbons (Fsp3) is 0.562. The maximum Gasteiger partial charge on any atom is 0.203 e. The quantitative estimate of drug-likeness (QED) is 0.768. The van der Waals surface area contributed by atoms with Gasteiger partial charge in [0.25, 0.3) is 0 Å². The van der Waals surface area contributed by atoms with Gasteiger partial charge in [0, 0.05) is 12.3 Å². The van der Waals surface area contributed by atoms with Gasteiger partial charge in [0.1, 0.15) is 5.78 Å². The molecule has 0 saturated heterocycles. The van der Waals surface area contributed by atoms with Crippen LogP contribution in [0.3, 0.4) is 0 Å². The van der Waals surface area contributed by atoms with Crippen molar-refractivity contribution in [2.75, 3.05) is 20.8 Å². The van der Waals surface area contributed by atoms with E-state index in [-0.39, 0.29) is 5.92 Å². The number of carbonyl (C=O) groups excluding carboxylic acids is 1. The van der Waals surface area contributed by atoms with Crippen molar-refractivity contribution >= 4 is 5.78 Å². The SMILES string of the molecule is COc1cccc(OCCC(=O)C2CCCC2)c1OC. The maximum absolute atomic E-state index is 12.0. The van der Waals surface area contributed by atoms with E-state index in [1.165, 1.54) is 12.8 Å². The second-order valence-corrected chi connectivity index (χ2v) is 5.04. The lowest BCUT2D eigenvalue weighted by molar-refractivity contribution is -0.123. The number of carbonyl (C=O) groups is 1. The van der Waals surface area contributed by atoms with Crippen molar-refractivity contribution in [2.24, 2.45) is 5.92 Å². The van der Waals surface area contributed by atoms with Crippen molar-refractivity contribution < 1.29 is 19.0 Å². The molecule has 0 heterocycles. The Bertz CT molecular complexity index is 450. The number of hydrogen-bond acceptors (Lipinski definition) is 4. The molecule has 4 nitrogen and oxygen atoms in total. The summed E-state index contributed by atoms with van der Waals surface area (Å²) in [6.07, 6.45) is 4.91. The monoisotopic (exact) mass is 278 g/mol. The van der Waals surface area contributed by atoms with Crippen molar-refractivity contribution in [3.05, 3.63) is 18.2 Å². The van der Waals surface area contributed by atoms with Gasteiger partial charge in [-0.15, -0.1) is 0 Å². The second-order valence-electron chi connectivity index (χ2n) is 5.04. The number of ketones is 1. The van der Waals surface area contributed by atoms with Crippen LogP contribution in [0.2, 0.25) is 0 Å². The average Bonchev–Trinajstić information content (AvgIpc) is 3.01. The van der Waals surface area contributed by atoms with E-state index in [2.05, 4.69) is 0 Å². The number of methoxy groups -OCH3 is 2. The number of rotatable bonds is 7. The Labute approximate surface area is 120 Å². The van der Waals surface area contributed by atoms with Gasteiger partial charge in [-0.2, -0.15) is 0 Å². The Kier molecular flexibility index (Phi) is 5.27. The number of hydrogen-bond donors (Lipinski definition) is 0. The van der Waals surface area contributed by atoms with Crippen LogP contribution in [-0.2, 0) is 4.79 Å². The first-order chi connectivity index (χ1) is 9.76. The standard InChI is InChI=1S/C16H22O4/c1-18-14-8-5-9-15(16(14)19-2)20-11-10-13(17)12-6-3-4-7-12/h5,8-9,12H,3-4,6-7,10-11H2,1-2H3. The average molecular weight is 278 g/mol. The Morgan fingerprint density at radius 1 is 1.15 bits per heavy atom. The summed E-state index contributed by atoms with van der Waals surface area (Å²) in [7, 11) is 3.17. The summed E-state index contributed by atoms with van der Waals surface area (Å²) in [6.45, 7) is 0.388. The second kappa shape index (κ2) is 7.17. The summed E-state index contributed by atoms with van der Waals surface area (Å²) in [5, 5.41) is 0. The predicted molar refractivity (Wildman–Crippen MR) is 76.6 cm³/mol. The lowest BCUT2D eigenvalue weighted by Gasteiger charge is -2.14. The van der Waals surface area contributed by atoms with Crippen LogP contribution in [0.25, 0.3) is 0 Å². The van der Waals surface area contributed by atoms with Crippen LogP contribution in [0, 0.1) is 5.92 Å². The van der Waals surface area contributed by atoms with E-state index in [0.29, 0.717) is 36.1 Å². The number of Topliss-reactive ketones (excluding diaryl/α,β-unsaturated/α-hetero) is 1. The third-order valence-corrected chi connectivity index (χ3v) is 3.78. The summed E-state index contributed by atoms with van der Waals surface area (Å²) in [5.41, 5.74) is 0. The molecule has 0 N–H and O–H groups in total. The van der Waals surface area contributed by atoms with Gasteiger partial charge in [-0.1, -0.05) is 18.9 Å². The zero-order chi connectivity index (χ0) is 14.4. The first-order valence-electron chi connectivity index (χ1n) is 7.12. The minimum atomic E-state index is 0.255. The minimum Gasteiger partial charge on any atom is -0.493 e. The van der Waals surface area contributed by atoms with Crippen molar-refractivity contribution in [3.63, 3.8) is 0 Å². The lowest BCUT2D eigenvalue weighted by atomic mass is 10.0. The summed E-state index contributed by atoms with van der Waals surface area (Å²) >= 11 is 0. The molecular weight excluding hydrogens is 256 g/mol. The molecule has 0 unspecified atom stereocenters. The Hall–Kier alpha value is -1.71. The van der Waals surface area contributed by atoms with Gasteiger partial charge in [0.2, 0.25) is 5.75 Å².